The van der Waals surface area contributed by atoms with Gasteiger partial charge < -0.3 is 9.53 Å². The molecule has 0 saturated heterocycles. The molecule has 0 amide bonds. The van der Waals surface area contributed by atoms with Crippen LogP contribution in [0.5, 0.6) is 0 Å². The van der Waals surface area contributed by atoms with E-state index >= 15 is 0 Å². The van der Waals surface area contributed by atoms with Gasteiger partial charge in [0.1, 0.15) is 0 Å². The van der Waals surface area contributed by atoms with Crippen molar-refractivity contribution in [2.24, 2.45) is 0 Å². The topological polar surface area (TPSA) is 63.6 Å². The highest BCUT2D eigenvalue weighted by molar-refractivity contribution is 6.50. The molecule has 0 unspecified atom stereocenters. The van der Waals surface area contributed by atoms with Gasteiger partial charge in [0, 0.05) is 12.8 Å². The van der Waals surface area contributed by atoms with Gasteiger partial charge in [-0.05, 0) is 13.1 Å². The van der Waals surface area contributed by atoms with Crippen molar-refractivity contribution in [1.29, 1.82) is 0 Å². The Bertz CT molecular complexity index is 156. The van der Waals surface area contributed by atoms with Crippen molar-refractivity contribution < 1.29 is 19.1 Å². The highest BCUT2D eigenvalue weighted by atomic mass is 28.3. The standard InChI is InChI=1S/C5H12O2Si.C3H6O2/c1-4-5(6)7-8(2)3;1-2-3(4)5/h8H,4H2,1-3H3;2H2,1H3,(H,4,5). The maximum absolute atomic E-state index is 10.4. The zero-order chi connectivity index (χ0) is 10.9. The van der Waals surface area contributed by atoms with Crippen molar-refractivity contribution in [3.05, 3.63) is 0 Å². The zero-order valence-corrected chi connectivity index (χ0v) is 9.82. The molecule has 0 radical (unpaired) electrons. The van der Waals surface area contributed by atoms with Crippen molar-refractivity contribution in [1.82, 2.24) is 0 Å². The van der Waals surface area contributed by atoms with E-state index < -0.39 is 15.0 Å². The Hall–Kier alpha value is -0.843. The molecule has 0 aliphatic rings. The summed E-state index contributed by atoms with van der Waals surface area (Å²) < 4.78 is 4.90. The number of hydrogen-bond acceptors (Lipinski definition) is 3. The molecule has 0 rings (SSSR count). The first-order valence-corrected chi connectivity index (χ1v) is 7.13. The molecule has 0 aromatic rings. The molecule has 0 saturated carbocycles. The van der Waals surface area contributed by atoms with Crippen LogP contribution in [0.15, 0.2) is 0 Å². The number of carboxylic acid groups (broad SMARTS) is 1. The summed E-state index contributed by atoms with van der Waals surface area (Å²) >= 11 is 0. The summed E-state index contributed by atoms with van der Waals surface area (Å²) in [6, 6.07) is 0. The SMILES string of the molecule is CCC(=O)O.CCC(=O)O[SiH](C)C. The number of aliphatic carboxylic acids is 1. The van der Waals surface area contributed by atoms with Crippen LogP contribution in [-0.4, -0.2) is 26.1 Å². The Morgan fingerprint density at radius 3 is 1.69 bits per heavy atom. The van der Waals surface area contributed by atoms with E-state index in [9.17, 15) is 9.59 Å². The van der Waals surface area contributed by atoms with Crippen LogP contribution in [0.4, 0.5) is 0 Å². The lowest BCUT2D eigenvalue weighted by Crippen LogP contribution is -2.13. The van der Waals surface area contributed by atoms with Gasteiger partial charge in [-0.3, -0.25) is 9.59 Å². The molecule has 5 heteroatoms. The third kappa shape index (κ3) is 18.3. The molecule has 0 atom stereocenters. The van der Waals surface area contributed by atoms with E-state index in [2.05, 4.69) is 0 Å². The Labute approximate surface area is 80.6 Å². The molecule has 0 bridgehead atoms. The average Bonchev–Trinajstić information content (AvgIpc) is 2.04. The molecule has 0 aliphatic carbocycles. The molecule has 0 fully saturated rings. The molecule has 0 heterocycles. The molecule has 4 nitrogen and oxygen atoms in total. The summed E-state index contributed by atoms with van der Waals surface area (Å²) in [7, 11) is -1.10. The van der Waals surface area contributed by atoms with Crippen LogP contribution >= 0.6 is 0 Å². The van der Waals surface area contributed by atoms with Crippen LogP contribution in [0, 0.1) is 0 Å². The molecule has 0 spiro atoms. The summed E-state index contributed by atoms with van der Waals surface area (Å²) in [4.78, 5) is 19.8. The zero-order valence-electron chi connectivity index (χ0n) is 8.66. The van der Waals surface area contributed by atoms with E-state index in [0.717, 1.165) is 0 Å². The maximum atomic E-state index is 10.4. The number of carboxylic acids is 1. The Balaban J connectivity index is 0. The molecule has 0 aromatic heterocycles. The summed E-state index contributed by atoms with van der Waals surface area (Å²) in [5.41, 5.74) is 0. The predicted octanol–water partition coefficient (Wildman–Crippen LogP) is 1.40. The fourth-order valence-corrected chi connectivity index (χ4v) is 1.04. The van der Waals surface area contributed by atoms with Crippen molar-refractivity contribution in [2.75, 3.05) is 0 Å². The molecule has 1 N–H and O–H groups in total. The minimum atomic E-state index is -1.10. The highest BCUT2D eigenvalue weighted by Gasteiger charge is 2.00. The average molecular weight is 206 g/mol. The highest BCUT2D eigenvalue weighted by Crippen LogP contribution is 1.87. The summed E-state index contributed by atoms with van der Waals surface area (Å²) in [5, 5.41) is 7.72. The van der Waals surface area contributed by atoms with Crippen LogP contribution in [0.1, 0.15) is 26.7 Å². The van der Waals surface area contributed by atoms with Gasteiger partial charge in [0.15, 0.2) is 0 Å². The number of carbonyl (C=O) groups is 2. The fraction of sp³-hybridized carbons (Fsp3) is 0.750. The van der Waals surface area contributed by atoms with Gasteiger partial charge in [0.05, 0.1) is 0 Å². The van der Waals surface area contributed by atoms with Crippen LogP contribution < -0.4 is 0 Å². The second-order valence-electron chi connectivity index (χ2n) is 2.64. The number of rotatable bonds is 3. The molecule has 0 aliphatic heterocycles. The lowest BCUT2D eigenvalue weighted by Gasteiger charge is -2.03. The van der Waals surface area contributed by atoms with E-state index in [1.807, 2.05) is 13.1 Å². The lowest BCUT2D eigenvalue weighted by molar-refractivity contribution is -0.136. The Kier molecular flexibility index (Phi) is 10.4. The quantitative estimate of drug-likeness (QED) is 0.709. The second kappa shape index (κ2) is 9.25. The monoisotopic (exact) mass is 206 g/mol. The van der Waals surface area contributed by atoms with Gasteiger partial charge in [0.2, 0.25) is 9.04 Å². The van der Waals surface area contributed by atoms with Crippen molar-refractivity contribution in [3.63, 3.8) is 0 Å². The second-order valence-corrected chi connectivity index (χ2v) is 4.97. The first-order valence-electron chi connectivity index (χ1n) is 4.35. The molecule has 0 aromatic carbocycles. The van der Waals surface area contributed by atoms with E-state index in [1.54, 1.807) is 13.8 Å². The minimum absolute atomic E-state index is 0.0633. The number of hydrogen-bond donors (Lipinski definition) is 1. The van der Waals surface area contributed by atoms with E-state index in [-0.39, 0.29) is 12.4 Å². The van der Waals surface area contributed by atoms with Crippen LogP contribution in [-0.2, 0) is 14.0 Å². The fourth-order valence-electron chi connectivity index (χ4n) is 0.346. The van der Waals surface area contributed by atoms with Crippen molar-refractivity contribution in [3.8, 4) is 0 Å². The van der Waals surface area contributed by atoms with Gasteiger partial charge in [-0.1, -0.05) is 13.8 Å². The minimum Gasteiger partial charge on any atom is -0.523 e. The summed E-state index contributed by atoms with van der Waals surface area (Å²) in [6.45, 7) is 7.36. The van der Waals surface area contributed by atoms with E-state index in [1.165, 1.54) is 0 Å². The van der Waals surface area contributed by atoms with Crippen LogP contribution in [0.25, 0.3) is 0 Å². The van der Waals surface area contributed by atoms with Gasteiger partial charge >= 0.3 is 5.97 Å². The lowest BCUT2D eigenvalue weighted by atomic mass is 10.5. The third-order valence-electron chi connectivity index (χ3n) is 0.958. The van der Waals surface area contributed by atoms with Crippen molar-refractivity contribution in [2.45, 2.75) is 39.8 Å². The molecule has 78 valence electrons. The van der Waals surface area contributed by atoms with E-state index in [4.69, 9.17) is 9.53 Å². The van der Waals surface area contributed by atoms with Crippen LogP contribution in [0.3, 0.4) is 0 Å². The first-order chi connectivity index (χ1) is 5.93. The van der Waals surface area contributed by atoms with Crippen molar-refractivity contribution >= 4 is 21.0 Å². The molecular formula is C8H18O4Si. The smallest absolute Gasteiger partial charge is 0.303 e. The Morgan fingerprint density at radius 2 is 1.62 bits per heavy atom. The maximum Gasteiger partial charge on any atom is 0.303 e. The van der Waals surface area contributed by atoms with Crippen LogP contribution in [0.2, 0.25) is 13.1 Å². The third-order valence-corrected chi connectivity index (χ3v) is 1.69. The predicted molar refractivity (Wildman–Crippen MR) is 53.2 cm³/mol. The normalized spacial score (nSPS) is 8.69. The van der Waals surface area contributed by atoms with Gasteiger partial charge in [0.25, 0.3) is 5.97 Å². The largest absolute Gasteiger partial charge is 0.523 e. The molecule has 13 heavy (non-hydrogen) atoms. The number of carbonyl (C=O) groups excluding carboxylic acids is 1. The molecular weight excluding hydrogens is 188 g/mol. The summed E-state index contributed by atoms with van der Waals surface area (Å²) in [6.07, 6.45) is 0.727. The van der Waals surface area contributed by atoms with Gasteiger partial charge in [-0.25, -0.2) is 0 Å². The Morgan fingerprint density at radius 1 is 1.23 bits per heavy atom. The van der Waals surface area contributed by atoms with Gasteiger partial charge in [-0.15, -0.1) is 0 Å². The first kappa shape index (κ1) is 14.7. The van der Waals surface area contributed by atoms with E-state index in [0.29, 0.717) is 6.42 Å². The summed E-state index contributed by atoms with van der Waals surface area (Å²) in [5.74, 6) is -0.809. The van der Waals surface area contributed by atoms with Gasteiger partial charge in [-0.2, -0.15) is 0 Å².